The van der Waals surface area contributed by atoms with Gasteiger partial charge in [-0.2, -0.15) is 13.2 Å². The third kappa shape index (κ3) is 4.02. The first kappa shape index (κ1) is 15.6. The molecule has 0 radical (unpaired) electrons. The summed E-state index contributed by atoms with van der Waals surface area (Å²) < 4.78 is 37.3. The van der Waals surface area contributed by atoms with E-state index in [9.17, 15) is 18.0 Å². The van der Waals surface area contributed by atoms with Gasteiger partial charge >= 0.3 is 12.1 Å². The Morgan fingerprint density at radius 2 is 1.95 bits per heavy atom. The molecule has 1 aromatic rings. The number of hydrogen-bond donors (Lipinski definition) is 2. The highest BCUT2D eigenvalue weighted by atomic mass is 35.5. The first-order valence-corrected chi connectivity index (χ1v) is 5.87. The number of anilines is 1. The highest BCUT2D eigenvalue weighted by Crippen LogP contribution is 2.34. The maximum absolute atomic E-state index is 12.4. The zero-order chi connectivity index (χ0) is 14.8. The molecule has 0 unspecified atom stereocenters. The standard InChI is InChI=1S/C12H13ClF3NO2/c1-6(2)10(11(18)19)17-9-4-3-7(5-8(9)13)12(14,15)16/h3-6,10,17H,1-2H3,(H,18,19)/t10-/m0/s1. The minimum absolute atomic E-state index is 0.163. The molecule has 0 fully saturated rings. The molecule has 0 aliphatic carbocycles. The van der Waals surface area contributed by atoms with E-state index < -0.39 is 23.8 Å². The van der Waals surface area contributed by atoms with E-state index in [1.54, 1.807) is 13.8 Å². The van der Waals surface area contributed by atoms with E-state index >= 15 is 0 Å². The molecule has 1 aromatic carbocycles. The Morgan fingerprint density at radius 3 is 2.32 bits per heavy atom. The summed E-state index contributed by atoms with van der Waals surface area (Å²) in [5, 5.41) is 11.5. The summed E-state index contributed by atoms with van der Waals surface area (Å²) in [4.78, 5) is 11.0. The fourth-order valence-corrected chi connectivity index (χ4v) is 1.72. The van der Waals surface area contributed by atoms with Gasteiger partial charge in [-0.25, -0.2) is 4.79 Å². The largest absolute Gasteiger partial charge is 0.480 e. The van der Waals surface area contributed by atoms with E-state index in [4.69, 9.17) is 16.7 Å². The number of halogens is 4. The summed E-state index contributed by atoms with van der Waals surface area (Å²) in [6, 6.07) is 1.83. The van der Waals surface area contributed by atoms with Crippen molar-refractivity contribution in [3.05, 3.63) is 28.8 Å². The Morgan fingerprint density at radius 1 is 1.37 bits per heavy atom. The van der Waals surface area contributed by atoms with Crippen LogP contribution in [0.3, 0.4) is 0 Å². The second kappa shape index (κ2) is 5.69. The second-order valence-corrected chi connectivity index (χ2v) is 4.80. The maximum atomic E-state index is 12.4. The zero-order valence-corrected chi connectivity index (χ0v) is 11.0. The smallest absolute Gasteiger partial charge is 0.416 e. The minimum atomic E-state index is -4.48. The molecule has 1 rings (SSSR count). The van der Waals surface area contributed by atoms with E-state index in [1.807, 2.05) is 0 Å². The van der Waals surface area contributed by atoms with Gasteiger partial charge in [-0.3, -0.25) is 0 Å². The van der Waals surface area contributed by atoms with Crippen molar-refractivity contribution in [2.45, 2.75) is 26.1 Å². The number of rotatable bonds is 4. The van der Waals surface area contributed by atoms with E-state index in [2.05, 4.69) is 5.32 Å². The van der Waals surface area contributed by atoms with Gasteiger partial charge in [-0.15, -0.1) is 0 Å². The van der Waals surface area contributed by atoms with E-state index in [-0.39, 0.29) is 16.6 Å². The molecule has 0 saturated heterocycles. The summed E-state index contributed by atoms with van der Waals surface area (Å²) >= 11 is 5.73. The first-order valence-electron chi connectivity index (χ1n) is 5.49. The average molecular weight is 296 g/mol. The van der Waals surface area contributed by atoms with Crippen LogP contribution in [-0.2, 0) is 11.0 Å². The Balaban J connectivity index is 3.00. The normalized spacial score (nSPS) is 13.4. The summed E-state index contributed by atoms with van der Waals surface area (Å²) in [5.74, 6) is -1.33. The molecule has 0 saturated carbocycles. The third-order valence-corrected chi connectivity index (χ3v) is 2.85. The van der Waals surface area contributed by atoms with Crippen LogP contribution in [0.2, 0.25) is 5.02 Å². The van der Waals surface area contributed by atoms with Crippen molar-refractivity contribution in [2.24, 2.45) is 5.92 Å². The van der Waals surface area contributed by atoms with Crippen LogP contribution in [-0.4, -0.2) is 17.1 Å². The predicted octanol–water partition coefficient (Wildman–Crippen LogP) is 3.88. The van der Waals surface area contributed by atoms with Crippen molar-refractivity contribution in [1.29, 1.82) is 0 Å². The monoisotopic (exact) mass is 295 g/mol. The molecule has 0 bridgehead atoms. The van der Waals surface area contributed by atoms with Crippen molar-refractivity contribution in [3.8, 4) is 0 Å². The Labute approximate surface area is 113 Å². The summed E-state index contributed by atoms with van der Waals surface area (Å²) in [7, 11) is 0. The van der Waals surface area contributed by atoms with Crippen LogP contribution in [0.15, 0.2) is 18.2 Å². The molecule has 7 heteroatoms. The predicted molar refractivity (Wildman–Crippen MR) is 66.3 cm³/mol. The molecular weight excluding hydrogens is 283 g/mol. The van der Waals surface area contributed by atoms with Gasteiger partial charge in [0, 0.05) is 0 Å². The lowest BCUT2D eigenvalue weighted by atomic mass is 10.0. The van der Waals surface area contributed by atoms with Crippen molar-refractivity contribution in [2.75, 3.05) is 5.32 Å². The van der Waals surface area contributed by atoms with Crippen LogP contribution in [0, 0.1) is 5.92 Å². The fraction of sp³-hybridized carbons (Fsp3) is 0.417. The second-order valence-electron chi connectivity index (χ2n) is 4.40. The number of carboxylic acid groups (broad SMARTS) is 1. The van der Waals surface area contributed by atoms with Crippen molar-refractivity contribution < 1.29 is 23.1 Å². The Hall–Kier alpha value is -1.43. The van der Waals surface area contributed by atoms with Crippen LogP contribution in [0.25, 0.3) is 0 Å². The number of nitrogens with one attached hydrogen (secondary N) is 1. The lowest BCUT2D eigenvalue weighted by Crippen LogP contribution is -2.34. The molecule has 106 valence electrons. The van der Waals surface area contributed by atoms with Crippen LogP contribution >= 0.6 is 11.6 Å². The highest BCUT2D eigenvalue weighted by Gasteiger charge is 2.31. The number of carboxylic acids is 1. The van der Waals surface area contributed by atoms with Gasteiger partial charge in [0.1, 0.15) is 6.04 Å². The molecule has 0 aromatic heterocycles. The summed E-state index contributed by atoms with van der Waals surface area (Å²) in [6.07, 6.45) is -4.48. The van der Waals surface area contributed by atoms with Gasteiger partial charge in [0.15, 0.2) is 0 Å². The number of aliphatic carboxylic acids is 1. The van der Waals surface area contributed by atoms with Crippen molar-refractivity contribution >= 4 is 23.3 Å². The van der Waals surface area contributed by atoms with Crippen molar-refractivity contribution in [3.63, 3.8) is 0 Å². The van der Waals surface area contributed by atoms with Gasteiger partial charge in [0.2, 0.25) is 0 Å². The molecule has 0 aliphatic rings. The van der Waals surface area contributed by atoms with E-state index in [0.29, 0.717) is 0 Å². The Kier molecular flexibility index (Phi) is 4.68. The first-order chi connectivity index (χ1) is 8.62. The summed E-state index contributed by atoms with van der Waals surface area (Å²) in [5.41, 5.74) is -0.713. The summed E-state index contributed by atoms with van der Waals surface area (Å²) in [6.45, 7) is 3.37. The molecule has 2 N–H and O–H groups in total. The fourth-order valence-electron chi connectivity index (χ4n) is 1.49. The number of alkyl halides is 3. The van der Waals surface area contributed by atoms with E-state index in [0.717, 1.165) is 18.2 Å². The maximum Gasteiger partial charge on any atom is 0.416 e. The van der Waals surface area contributed by atoms with Crippen LogP contribution in [0.4, 0.5) is 18.9 Å². The SMILES string of the molecule is CC(C)[C@H](Nc1ccc(C(F)(F)F)cc1Cl)C(=O)O. The Bertz CT molecular complexity index is 475. The van der Waals surface area contributed by atoms with Crippen molar-refractivity contribution in [1.82, 2.24) is 0 Å². The molecule has 0 spiro atoms. The third-order valence-electron chi connectivity index (χ3n) is 2.54. The zero-order valence-electron chi connectivity index (χ0n) is 10.3. The van der Waals surface area contributed by atoms with Gasteiger partial charge in [-0.1, -0.05) is 25.4 Å². The molecule has 3 nitrogen and oxygen atoms in total. The van der Waals surface area contributed by atoms with Crippen LogP contribution < -0.4 is 5.32 Å². The highest BCUT2D eigenvalue weighted by molar-refractivity contribution is 6.33. The molecule has 0 amide bonds. The lowest BCUT2D eigenvalue weighted by molar-refractivity contribution is -0.139. The topological polar surface area (TPSA) is 49.3 Å². The number of benzene rings is 1. The van der Waals surface area contributed by atoms with E-state index in [1.165, 1.54) is 0 Å². The minimum Gasteiger partial charge on any atom is -0.480 e. The van der Waals surface area contributed by atoms with Crippen LogP contribution in [0.1, 0.15) is 19.4 Å². The number of hydrogen-bond acceptors (Lipinski definition) is 2. The van der Waals surface area contributed by atoms with Gasteiger partial charge in [0.05, 0.1) is 16.3 Å². The van der Waals surface area contributed by atoms with Gasteiger partial charge in [0.25, 0.3) is 0 Å². The molecule has 0 aliphatic heterocycles. The lowest BCUT2D eigenvalue weighted by Gasteiger charge is -2.20. The number of carbonyl (C=O) groups is 1. The quantitative estimate of drug-likeness (QED) is 0.886. The molecule has 1 atom stereocenters. The molecule has 0 heterocycles. The van der Waals surface area contributed by atoms with Gasteiger partial charge < -0.3 is 10.4 Å². The van der Waals surface area contributed by atoms with Crippen LogP contribution in [0.5, 0.6) is 0 Å². The molecular formula is C12H13ClF3NO2. The molecule has 19 heavy (non-hydrogen) atoms. The van der Waals surface area contributed by atoms with Gasteiger partial charge in [-0.05, 0) is 24.1 Å². The average Bonchev–Trinajstić information content (AvgIpc) is 2.24.